The maximum absolute atomic E-state index is 12.5. The van der Waals surface area contributed by atoms with E-state index in [9.17, 15) is 9.90 Å². The molecule has 0 aliphatic heterocycles. The van der Waals surface area contributed by atoms with E-state index in [1.165, 1.54) is 39.2 Å². The van der Waals surface area contributed by atoms with E-state index < -0.39 is 5.63 Å². The molecule has 0 atom stereocenters. The highest BCUT2D eigenvalue weighted by Crippen LogP contribution is 2.45. The zero-order valence-electron chi connectivity index (χ0n) is 15.7. The summed E-state index contributed by atoms with van der Waals surface area (Å²) in [4.78, 5) is 12.6. The van der Waals surface area contributed by atoms with Crippen molar-refractivity contribution in [1.82, 2.24) is 0 Å². The summed E-state index contributed by atoms with van der Waals surface area (Å²) in [7, 11) is 4.48. The first kappa shape index (κ1) is 19.7. The Morgan fingerprint density at radius 2 is 1.68 bits per heavy atom. The lowest BCUT2D eigenvalue weighted by Gasteiger charge is -2.15. The maximum Gasteiger partial charge on any atom is 0.353 e. The number of benzene rings is 2. The van der Waals surface area contributed by atoms with E-state index in [0.29, 0.717) is 28.6 Å². The van der Waals surface area contributed by atoms with Crippen LogP contribution in [0.25, 0.3) is 11.3 Å². The second kappa shape index (κ2) is 8.75. The molecule has 0 unspecified atom stereocenters. The number of ether oxygens (including phenoxy) is 3. The molecule has 3 rings (SSSR count). The molecule has 6 nitrogen and oxygen atoms in total. The molecule has 0 aliphatic rings. The topological polar surface area (TPSA) is 78.1 Å². The maximum atomic E-state index is 12.5. The van der Waals surface area contributed by atoms with Crippen molar-refractivity contribution in [2.45, 2.75) is 10.6 Å². The number of methoxy groups -OCH3 is 3. The van der Waals surface area contributed by atoms with Gasteiger partial charge in [-0.2, -0.15) is 0 Å². The second-order valence-electron chi connectivity index (χ2n) is 5.77. The highest BCUT2D eigenvalue weighted by atomic mass is 32.2. The van der Waals surface area contributed by atoms with Gasteiger partial charge in [-0.15, -0.1) is 11.8 Å². The van der Waals surface area contributed by atoms with Crippen LogP contribution in [0, 0.1) is 0 Å². The minimum atomic E-state index is -0.618. The molecule has 0 aliphatic carbocycles. The molecule has 0 radical (unpaired) electrons. The molecule has 7 heteroatoms. The standard InChI is InChI=1S/C21H20O6S/c1-24-16-10-9-14(18(25-2)19(16)26-3)17-11-15(22)20(21(23)27-17)28-12-13-7-5-4-6-8-13/h4-11,22H,12H2,1-3H3. The fraction of sp³-hybridized carbons (Fsp3) is 0.190. The van der Waals surface area contributed by atoms with Crippen LogP contribution in [-0.4, -0.2) is 26.4 Å². The number of rotatable bonds is 7. The molecule has 0 spiro atoms. The molecule has 1 aromatic heterocycles. The average molecular weight is 400 g/mol. The van der Waals surface area contributed by atoms with Crippen molar-refractivity contribution >= 4 is 11.8 Å². The van der Waals surface area contributed by atoms with Gasteiger partial charge in [-0.3, -0.25) is 0 Å². The van der Waals surface area contributed by atoms with Gasteiger partial charge in [0.1, 0.15) is 16.4 Å². The normalized spacial score (nSPS) is 10.5. The molecule has 1 N–H and O–H groups in total. The van der Waals surface area contributed by atoms with E-state index in [1.54, 1.807) is 12.1 Å². The van der Waals surface area contributed by atoms with Crippen LogP contribution in [0.5, 0.6) is 23.0 Å². The Kier molecular flexibility index (Phi) is 6.16. The summed E-state index contributed by atoms with van der Waals surface area (Å²) in [5.74, 6) is 1.75. The second-order valence-corrected chi connectivity index (χ2v) is 6.75. The van der Waals surface area contributed by atoms with Crippen LogP contribution in [-0.2, 0) is 5.75 Å². The fourth-order valence-corrected chi connectivity index (χ4v) is 3.63. The van der Waals surface area contributed by atoms with Crippen LogP contribution >= 0.6 is 11.8 Å². The van der Waals surface area contributed by atoms with Crippen molar-refractivity contribution in [2.24, 2.45) is 0 Å². The number of aromatic hydroxyl groups is 1. The summed E-state index contributed by atoms with van der Waals surface area (Å²) < 4.78 is 21.5. The Hall–Kier alpha value is -3.06. The van der Waals surface area contributed by atoms with Gasteiger partial charge in [0.05, 0.1) is 26.9 Å². The summed E-state index contributed by atoms with van der Waals surface area (Å²) >= 11 is 1.22. The lowest BCUT2D eigenvalue weighted by atomic mass is 10.1. The molecule has 0 bridgehead atoms. The third kappa shape index (κ3) is 3.94. The van der Waals surface area contributed by atoms with Crippen LogP contribution in [0.2, 0.25) is 0 Å². The van der Waals surface area contributed by atoms with Gasteiger partial charge < -0.3 is 23.7 Å². The minimum absolute atomic E-state index is 0.149. The summed E-state index contributed by atoms with van der Waals surface area (Å²) in [6.45, 7) is 0. The van der Waals surface area contributed by atoms with Gasteiger partial charge in [-0.05, 0) is 17.7 Å². The van der Waals surface area contributed by atoms with Gasteiger partial charge in [0.25, 0.3) is 0 Å². The monoisotopic (exact) mass is 400 g/mol. The first-order chi connectivity index (χ1) is 13.6. The number of hydrogen-bond acceptors (Lipinski definition) is 7. The van der Waals surface area contributed by atoms with E-state index in [4.69, 9.17) is 18.6 Å². The van der Waals surface area contributed by atoms with Crippen molar-refractivity contribution in [3.63, 3.8) is 0 Å². The predicted molar refractivity (Wildman–Crippen MR) is 108 cm³/mol. The van der Waals surface area contributed by atoms with E-state index in [1.807, 2.05) is 30.3 Å². The van der Waals surface area contributed by atoms with Crippen LogP contribution < -0.4 is 19.8 Å². The molecule has 0 amide bonds. The van der Waals surface area contributed by atoms with Crippen LogP contribution in [0.3, 0.4) is 0 Å². The Morgan fingerprint density at radius 3 is 2.29 bits per heavy atom. The number of hydrogen-bond donors (Lipinski definition) is 1. The zero-order valence-corrected chi connectivity index (χ0v) is 16.5. The Balaban J connectivity index is 1.98. The highest BCUT2D eigenvalue weighted by Gasteiger charge is 2.21. The third-order valence-electron chi connectivity index (χ3n) is 4.08. The van der Waals surface area contributed by atoms with Gasteiger partial charge in [0.15, 0.2) is 11.5 Å². The van der Waals surface area contributed by atoms with Gasteiger partial charge in [0, 0.05) is 11.8 Å². The van der Waals surface area contributed by atoms with Crippen molar-refractivity contribution in [3.8, 4) is 34.3 Å². The van der Waals surface area contributed by atoms with Gasteiger partial charge >= 0.3 is 5.63 Å². The summed E-state index contributed by atoms with van der Waals surface area (Å²) in [5, 5.41) is 10.4. The first-order valence-corrected chi connectivity index (χ1v) is 9.40. The Morgan fingerprint density at radius 1 is 0.964 bits per heavy atom. The summed E-state index contributed by atoms with van der Waals surface area (Å²) in [6, 6.07) is 14.4. The van der Waals surface area contributed by atoms with E-state index in [2.05, 4.69) is 0 Å². The molecule has 3 aromatic rings. The van der Waals surface area contributed by atoms with Gasteiger partial charge in [-0.25, -0.2) is 4.79 Å². The molecule has 0 fully saturated rings. The van der Waals surface area contributed by atoms with Crippen LogP contribution in [0.15, 0.2) is 62.6 Å². The average Bonchev–Trinajstić information content (AvgIpc) is 2.72. The molecule has 1 heterocycles. The molecule has 0 saturated carbocycles. The van der Waals surface area contributed by atoms with E-state index in [-0.39, 0.29) is 16.4 Å². The van der Waals surface area contributed by atoms with E-state index >= 15 is 0 Å². The smallest absolute Gasteiger partial charge is 0.353 e. The highest BCUT2D eigenvalue weighted by molar-refractivity contribution is 7.98. The van der Waals surface area contributed by atoms with Crippen molar-refractivity contribution < 1.29 is 23.7 Å². The Bertz CT molecular complexity index is 1010. The fourth-order valence-electron chi connectivity index (χ4n) is 2.76. The van der Waals surface area contributed by atoms with Gasteiger partial charge in [0.2, 0.25) is 5.75 Å². The predicted octanol–water partition coefficient (Wildman–Crippen LogP) is 4.33. The lowest BCUT2D eigenvalue weighted by molar-refractivity contribution is 0.324. The molecule has 2 aromatic carbocycles. The van der Waals surface area contributed by atoms with Crippen LogP contribution in [0.4, 0.5) is 0 Å². The molecular formula is C21H20O6S. The van der Waals surface area contributed by atoms with E-state index in [0.717, 1.165) is 5.56 Å². The van der Waals surface area contributed by atoms with Crippen molar-refractivity contribution in [1.29, 1.82) is 0 Å². The molecule has 28 heavy (non-hydrogen) atoms. The lowest BCUT2D eigenvalue weighted by Crippen LogP contribution is -2.04. The molecule has 0 saturated heterocycles. The third-order valence-corrected chi connectivity index (χ3v) is 5.23. The Labute approximate surface area is 166 Å². The summed E-state index contributed by atoms with van der Waals surface area (Å²) in [6.07, 6.45) is 0. The zero-order chi connectivity index (χ0) is 20.1. The first-order valence-electron chi connectivity index (χ1n) is 8.42. The minimum Gasteiger partial charge on any atom is -0.506 e. The van der Waals surface area contributed by atoms with Crippen LogP contribution in [0.1, 0.15) is 5.56 Å². The SMILES string of the molecule is COc1ccc(-c2cc(O)c(SCc3ccccc3)c(=O)o2)c(OC)c1OC. The largest absolute Gasteiger partial charge is 0.506 e. The number of thioether (sulfide) groups is 1. The quantitative estimate of drug-likeness (QED) is 0.592. The van der Waals surface area contributed by atoms with Crippen molar-refractivity contribution in [3.05, 3.63) is 64.5 Å². The molecule has 146 valence electrons. The molecular weight excluding hydrogens is 380 g/mol. The van der Waals surface area contributed by atoms with Gasteiger partial charge in [-0.1, -0.05) is 30.3 Å². The summed E-state index contributed by atoms with van der Waals surface area (Å²) in [5.41, 5.74) is 0.886. The van der Waals surface area contributed by atoms with Crippen molar-refractivity contribution in [2.75, 3.05) is 21.3 Å².